The fraction of sp³-hybridized carbons (Fsp3) is 0.844. The minimum absolute atomic E-state index is 0.0185. The molecule has 4 fully saturated rings. The van der Waals surface area contributed by atoms with Crippen molar-refractivity contribution in [3.63, 3.8) is 0 Å². The molecule has 0 radical (unpaired) electrons. The molecule has 2 unspecified atom stereocenters. The number of esters is 2. The van der Waals surface area contributed by atoms with E-state index in [4.69, 9.17) is 14.0 Å². The zero-order chi connectivity index (χ0) is 27.5. The van der Waals surface area contributed by atoms with Gasteiger partial charge in [0.1, 0.15) is 11.9 Å². The summed E-state index contributed by atoms with van der Waals surface area (Å²) in [5.41, 5.74) is 0.207. The number of aromatic nitrogens is 1. The molecule has 8 atom stereocenters. The Morgan fingerprint density at radius 2 is 1.68 bits per heavy atom. The number of hydrogen-bond acceptors (Lipinski definition) is 6. The summed E-state index contributed by atoms with van der Waals surface area (Å²) in [6, 6.07) is 0. The maximum atomic E-state index is 13.9. The molecule has 1 aromatic heterocycles. The number of nitrogens with zero attached hydrogens (tertiary/aromatic N) is 1. The van der Waals surface area contributed by atoms with Crippen molar-refractivity contribution in [3.05, 3.63) is 17.5 Å². The number of rotatable bonds is 1. The van der Waals surface area contributed by atoms with Crippen molar-refractivity contribution in [1.29, 1.82) is 0 Å². The van der Waals surface area contributed by atoms with E-state index in [2.05, 4.69) is 53.6 Å². The van der Waals surface area contributed by atoms with Gasteiger partial charge >= 0.3 is 11.9 Å². The van der Waals surface area contributed by atoms with Gasteiger partial charge in [-0.15, -0.1) is 0 Å². The summed E-state index contributed by atoms with van der Waals surface area (Å²) in [7, 11) is 1.52. The Labute approximate surface area is 228 Å². The molecule has 0 amide bonds. The van der Waals surface area contributed by atoms with Crippen LogP contribution in [0.25, 0.3) is 0 Å². The third-order valence-electron chi connectivity index (χ3n) is 13.3. The normalized spacial score (nSPS) is 46.7. The zero-order valence-corrected chi connectivity index (χ0v) is 24.7. The average molecular weight is 526 g/mol. The molecule has 6 rings (SSSR count). The maximum absolute atomic E-state index is 13.9. The third-order valence-corrected chi connectivity index (χ3v) is 13.3. The van der Waals surface area contributed by atoms with E-state index in [1.807, 2.05) is 6.20 Å². The number of ether oxygens (including phenoxy) is 2. The molecular formula is C32H47NO5. The van der Waals surface area contributed by atoms with Crippen LogP contribution < -0.4 is 0 Å². The van der Waals surface area contributed by atoms with E-state index in [1.54, 1.807) is 0 Å². The van der Waals surface area contributed by atoms with Crippen molar-refractivity contribution in [1.82, 2.24) is 5.16 Å². The lowest BCUT2D eigenvalue weighted by Gasteiger charge is -2.67. The topological polar surface area (TPSA) is 78.6 Å². The van der Waals surface area contributed by atoms with E-state index in [1.165, 1.54) is 12.7 Å². The standard InChI is InChI=1S/C32H47NO5/c1-27(2)11-13-32(26(35)36-8)14-12-31(7)25(20(32)17-27)37-23(34)15-22-29(5)16-19-18-33-38-24(19)28(3,4)21(29)9-10-30(22,31)6/h18,20-22,25H,9-17H2,1-8H3/t20?,21-,22+,25?,29-,30+,31+,32-/m0/s1. The van der Waals surface area contributed by atoms with Crippen molar-refractivity contribution in [2.75, 3.05) is 7.11 Å². The Kier molecular flexibility index (Phi) is 5.47. The van der Waals surface area contributed by atoms with Crippen LogP contribution in [0, 0.1) is 44.8 Å². The monoisotopic (exact) mass is 525 g/mol. The van der Waals surface area contributed by atoms with Crippen LogP contribution in [0.5, 0.6) is 0 Å². The van der Waals surface area contributed by atoms with Gasteiger partial charge in [0.2, 0.25) is 0 Å². The van der Waals surface area contributed by atoms with Gasteiger partial charge in [-0.05, 0) is 79.4 Å². The van der Waals surface area contributed by atoms with Crippen molar-refractivity contribution >= 4 is 11.9 Å². The first-order valence-corrected chi connectivity index (χ1v) is 14.9. The Balaban J connectivity index is 1.48. The average Bonchev–Trinajstić information content (AvgIpc) is 3.28. The van der Waals surface area contributed by atoms with Gasteiger partial charge in [0, 0.05) is 28.7 Å². The summed E-state index contributed by atoms with van der Waals surface area (Å²) < 4.78 is 17.9. The van der Waals surface area contributed by atoms with Gasteiger partial charge in [-0.2, -0.15) is 0 Å². The minimum Gasteiger partial charge on any atom is -0.469 e. The van der Waals surface area contributed by atoms with Gasteiger partial charge in [-0.3, -0.25) is 9.59 Å². The second kappa shape index (κ2) is 7.87. The summed E-state index contributed by atoms with van der Waals surface area (Å²) in [5.74, 6) is 1.39. The summed E-state index contributed by atoms with van der Waals surface area (Å²) in [5, 5.41) is 4.20. The van der Waals surface area contributed by atoms with Crippen LogP contribution in [0.3, 0.4) is 0 Å². The molecule has 1 saturated heterocycles. The molecule has 4 aliphatic carbocycles. The Hall–Kier alpha value is -1.85. The minimum atomic E-state index is -0.559. The number of fused-ring (bicyclic) bond motifs is 8. The Bertz CT molecular complexity index is 1170. The molecule has 0 N–H and O–H groups in total. The SMILES string of the molecule is COC(=O)[C@]12CCC(C)(C)CC1C1OC(=O)C[C@@H]3[C@@]4(C)Cc5cnoc5C(C)(C)[C@@H]4CC[C@@]3(C)[C@]1(C)CC2. The lowest BCUT2D eigenvalue weighted by molar-refractivity contribution is -0.226. The number of carbonyl (C=O) groups is 2. The van der Waals surface area contributed by atoms with Crippen LogP contribution in [0.15, 0.2) is 10.7 Å². The first-order chi connectivity index (χ1) is 17.6. The molecule has 0 aromatic carbocycles. The quantitative estimate of drug-likeness (QED) is 0.382. The largest absolute Gasteiger partial charge is 0.469 e. The smallest absolute Gasteiger partial charge is 0.312 e. The van der Waals surface area contributed by atoms with E-state index in [-0.39, 0.29) is 57.0 Å². The summed E-state index contributed by atoms with van der Waals surface area (Å²) in [6.45, 7) is 16.5. The van der Waals surface area contributed by atoms with Crippen molar-refractivity contribution in [2.24, 2.45) is 44.8 Å². The predicted molar refractivity (Wildman–Crippen MR) is 143 cm³/mol. The van der Waals surface area contributed by atoms with Gasteiger partial charge in [-0.1, -0.05) is 53.6 Å². The van der Waals surface area contributed by atoms with E-state index >= 15 is 0 Å². The van der Waals surface area contributed by atoms with Crippen LogP contribution >= 0.6 is 0 Å². The lowest BCUT2D eigenvalue weighted by atomic mass is 9.36. The first kappa shape index (κ1) is 26.4. The lowest BCUT2D eigenvalue weighted by Crippen LogP contribution is -2.66. The second-order valence-electron chi connectivity index (χ2n) is 15.8. The molecule has 0 bridgehead atoms. The molecule has 6 heteroatoms. The van der Waals surface area contributed by atoms with Gasteiger partial charge in [0.15, 0.2) is 0 Å². The highest BCUT2D eigenvalue weighted by Gasteiger charge is 2.72. The van der Waals surface area contributed by atoms with Crippen LogP contribution in [0.1, 0.15) is 111 Å². The predicted octanol–water partition coefficient (Wildman–Crippen LogP) is 6.65. The summed E-state index contributed by atoms with van der Waals surface area (Å²) >= 11 is 0. The molecule has 1 aliphatic heterocycles. The molecule has 3 saturated carbocycles. The number of hydrogen-bond donors (Lipinski definition) is 0. The van der Waals surface area contributed by atoms with Crippen LogP contribution in [-0.2, 0) is 30.9 Å². The molecule has 5 aliphatic rings. The van der Waals surface area contributed by atoms with E-state index in [9.17, 15) is 9.59 Å². The van der Waals surface area contributed by atoms with Crippen molar-refractivity contribution in [3.8, 4) is 0 Å². The highest BCUT2D eigenvalue weighted by molar-refractivity contribution is 5.78. The Morgan fingerprint density at radius 1 is 0.974 bits per heavy atom. The van der Waals surface area contributed by atoms with Crippen LogP contribution in [0.4, 0.5) is 0 Å². The summed E-state index contributed by atoms with van der Waals surface area (Å²) in [6.07, 6.45) is 9.47. The molecule has 2 heterocycles. The van der Waals surface area contributed by atoms with E-state index in [0.717, 1.165) is 57.1 Å². The van der Waals surface area contributed by atoms with Crippen molar-refractivity contribution < 1.29 is 23.6 Å². The summed E-state index contributed by atoms with van der Waals surface area (Å²) in [4.78, 5) is 27.3. The highest BCUT2D eigenvalue weighted by atomic mass is 16.5. The first-order valence-electron chi connectivity index (χ1n) is 14.9. The number of carbonyl (C=O) groups excluding carboxylic acids is 2. The van der Waals surface area contributed by atoms with Gasteiger partial charge in [0.25, 0.3) is 0 Å². The van der Waals surface area contributed by atoms with Crippen molar-refractivity contribution in [2.45, 2.75) is 118 Å². The van der Waals surface area contributed by atoms with E-state index < -0.39 is 5.41 Å². The molecular weight excluding hydrogens is 478 g/mol. The van der Waals surface area contributed by atoms with Crippen LogP contribution in [0.2, 0.25) is 0 Å². The van der Waals surface area contributed by atoms with E-state index in [0.29, 0.717) is 12.3 Å². The third kappa shape index (κ3) is 3.15. The zero-order valence-electron chi connectivity index (χ0n) is 24.7. The Morgan fingerprint density at radius 3 is 2.39 bits per heavy atom. The second-order valence-corrected chi connectivity index (χ2v) is 15.8. The van der Waals surface area contributed by atoms with Gasteiger partial charge in [0.05, 0.1) is 18.7 Å². The molecule has 6 nitrogen and oxygen atoms in total. The highest BCUT2D eigenvalue weighted by Crippen LogP contribution is 2.73. The number of methoxy groups -OCH3 is 1. The van der Waals surface area contributed by atoms with Crippen LogP contribution in [-0.4, -0.2) is 30.3 Å². The molecule has 1 aromatic rings. The maximum Gasteiger partial charge on any atom is 0.312 e. The molecule has 38 heavy (non-hydrogen) atoms. The molecule has 0 spiro atoms. The van der Waals surface area contributed by atoms with Gasteiger partial charge < -0.3 is 14.0 Å². The van der Waals surface area contributed by atoms with Gasteiger partial charge in [-0.25, -0.2) is 0 Å². The molecule has 210 valence electrons. The fourth-order valence-corrected chi connectivity index (χ4v) is 11.1. The fourth-order valence-electron chi connectivity index (χ4n) is 11.1.